The van der Waals surface area contributed by atoms with Crippen molar-refractivity contribution < 1.29 is 29.0 Å². The molecule has 6 aliphatic rings. The highest BCUT2D eigenvalue weighted by Crippen LogP contribution is 2.40. The first kappa shape index (κ1) is 40.8. The number of piperidine rings is 2. The minimum absolute atomic E-state index is 0.101. The van der Waals surface area contributed by atoms with Gasteiger partial charge in [-0.05, 0) is 86.6 Å². The molecule has 7 heterocycles. The number of anilines is 4. The number of ether oxygens (including phenoxy) is 1. The van der Waals surface area contributed by atoms with Gasteiger partial charge in [0.2, 0.25) is 11.8 Å². The molecule has 1 aromatic heterocycles. The van der Waals surface area contributed by atoms with Crippen LogP contribution in [0.2, 0.25) is 0 Å². The number of carbonyl (C=O) groups excluding carboxylic acids is 4. The molecule has 10 rings (SSSR count). The Bertz CT molecular complexity index is 2400. The molecule has 0 radical (unpaired) electrons. The Kier molecular flexibility index (Phi) is 11.1. The van der Waals surface area contributed by atoms with Gasteiger partial charge >= 0.3 is 0 Å². The number of amides is 4. The van der Waals surface area contributed by atoms with E-state index in [1.54, 1.807) is 24.3 Å². The number of carbonyl (C=O) groups is 4. The van der Waals surface area contributed by atoms with E-state index in [0.29, 0.717) is 52.8 Å². The zero-order chi connectivity index (χ0) is 43.2. The Labute approximate surface area is 366 Å². The molecule has 0 aliphatic carbocycles. The summed E-state index contributed by atoms with van der Waals surface area (Å²) < 4.78 is 6.36. The van der Waals surface area contributed by atoms with Gasteiger partial charge in [0, 0.05) is 107 Å². The monoisotopic (exact) mass is 854 g/mol. The lowest BCUT2D eigenvalue weighted by molar-refractivity contribution is -0.136. The van der Waals surface area contributed by atoms with Gasteiger partial charge in [-0.15, -0.1) is 10.2 Å². The number of phenols is 1. The van der Waals surface area contributed by atoms with Crippen LogP contribution in [-0.2, 0) is 9.59 Å². The number of nitrogens with zero attached hydrogens (tertiary/aromatic N) is 8. The first-order valence-electron chi connectivity index (χ1n) is 22.4. The number of nitrogens with one attached hydrogen (secondary N) is 1. The van der Waals surface area contributed by atoms with Crippen LogP contribution in [0.5, 0.6) is 11.5 Å². The topological polar surface area (TPSA) is 181 Å². The van der Waals surface area contributed by atoms with E-state index in [4.69, 9.17) is 10.5 Å². The van der Waals surface area contributed by atoms with Crippen molar-refractivity contribution in [3.05, 3.63) is 83.9 Å². The molecule has 6 aliphatic heterocycles. The van der Waals surface area contributed by atoms with E-state index < -0.39 is 23.8 Å². The zero-order valence-corrected chi connectivity index (χ0v) is 35.4. The van der Waals surface area contributed by atoms with Gasteiger partial charge in [-0.25, -0.2) is 0 Å². The number of piperazine rings is 2. The molecule has 5 saturated heterocycles. The molecule has 0 spiro atoms. The lowest BCUT2D eigenvalue weighted by atomic mass is 9.95. The first-order chi connectivity index (χ1) is 30.7. The molecule has 328 valence electrons. The van der Waals surface area contributed by atoms with E-state index in [1.165, 1.54) is 5.69 Å². The molecule has 3 unspecified atom stereocenters. The summed E-state index contributed by atoms with van der Waals surface area (Å²) in [5, 5.41) is 21.2. The molecular formula is C47H54N10O6. The fourth-order valence-electron chi connectivity index (χ4n) is 10.6. The second-order valence-electron chi connectivity index (χ2n) is 17.8. The maximum atomic E-state index is 13.4. The second kappa shape index (κ2) is 17.1. The van der Waals surface area contributed by atoms with Gasteiger partial charge in [0.05, 0.1) is 22.5 Å². The third kappa shape index (κ3) is 8.13. The summed E-state index contributed by atoms with van der Waals surface area (Å²) in [4.78, 5) is 63.9. The number of nitrogen functional groups attached to an aromatic ring is 1. The number of imide groups is 2. The van der Waals surface area contributed by atoms with Crippen molar-refractivity contribution in [2.75, 3.05) is 92.5 Å². The Balaban J connectivity index is 0.664. The maximum absolute atomic E-state index is 13.4. The van der Waals surface area contributed by atoms with Crippen molar-refractivity contribution in [3.8, 4) is 22.8 Å². The van der Waals surface area contributed by atoms with Gasteiger partial charge < -0.3 is 35.2 Å². The molecule has 63 heavy (non-hydrogen) atoms. The van der Waals surface area contributed by atoms with Crippen molar-refractivity contribution in [1.82, 2.24) is 30.2 Å². The summed E-state index contributed by atoms with van der Waals surface area (Å²) in [5.74, 6) is 0.126. The van der Waals surface area contributed by atoms with Crippen LogP contribution in [0.25, 0.3) is 11.3 Å². The third-order valence-electron chi connectivity index (χ3n) is 14.0. The number of hydrogen-bond donors (Lipinski definition) is 3. The number of rotatable bonds is 11. The number of fused-ring (bicyclic) bond motifs is 3. The van der Waals surface area contributed by atoms with Crippen LogP contribution >= 0.6 is 0 Å². The zero-order valence-electron chi connectivity index (χ0n) is 35.4. The lowest BCUT2D eigenvalue weighted by Crippen LogP contribution is -2.54. The summed E-state index contributed by atoms with van der Waals surface area (Å²) in [6.45, 7) is 10.1. The van der Waals surface area contributed by atoms with E-state index in [9.17, 15) is 24.3 Å². The molecule has 5 fully saturated rings. The van der Waals surface area contributed by atoms with E-state index in [1.807, 2.05) is 24.3 Å². The number of benzene rings is 3. The Morgan fingerprint density at radius 2 is 1.46 bits per heavy atom. The van der Waals surface area contributed by atoms with E-state index >= 15 is 0 Å². The number of aromatic hydroxyl groups is 1. The fraction of sp³-hybridized carbons (Fsp3) is 0.447. The molecular weight excluding hydrogens is 801 g/mol. The van der Waals surface area contributed by atoms with Crippen LogP contribution in [-0.4, -0.2) is 144 Å². The van der Waals surface area contributed by atoms with Crippen LogP contribution in [0.3, 0.4) is 0 Å². The minimum atomic E-state index is -0.962. The lowest BCUT2D eigenvalue weighted by Gasteiger charge is -2.43. The molecule has 4 amide bonds. The Morgan fingerprint density at radius 1 is 0.714 bits per heavy atom. The van der Waals surface area contributed by atoms with Crippen LogP contribution < -0.4 is 30.5 Å². The van der Waals surface area contributed by atoms with E-state index in [0.717, 1.165) is 113 Å². The molecule has 16 nitrogen and oxygen atoms in total. The normalized spacial score (nSPS) is 23.4. The van der Waals surface area contributed by atoms with Gasteiger partial charge in [-0.1, -0.05) is 18.2 Å². The Morgan fingerprint density at radius 3 is 2.22 bits per heavy atom. The largest absolute Gasteiger partial charge is 0.507 e. The van der Waals surface area contributed by atoms with Gasteiger partial charge in [-0.2, -0.15) is 0 Å². The average Bonchev–Trinajstić information content (AvgIpc) is 3.70. The highest BCUT2D eigenvalue weighted by atomic mass is 16.5. The molecule has 2 bridgehead atoms. The summed E-state index contributed by atoms with van der Waals surface area (Å²) in [7, 11) is 0. The molecule has 0 saturated carbocycles. The fourth-order valence-corrected chi connectivity index (χ4v) is 10.6. The molecule has 4 N–H and O–H groups in total. The number of para-hydroxylation sites is 1. The molecule has 4 aromatic rings. The maximum Gasteiger partial charge on any atom is 0.262 e. The number of phenolic OH excluding ortho intramolecular Hbond substituents is 1. The van der Waals surface area contributed by atoms with Crippen molar-refractivity contribution in [2.45, 2.75) is 56.7 Å². The van der Waals surface area contributed by atoms with Crippen LogP contribution in [0.15, 0.2) is 72.8 Å². The van der Waals surface area contributed by atoms with Gasteiger partial charge in [-0.3, -0.25) is 34.3 Å². The summed E-state index contributed by atoms with van der Waals surface area (Å²) in [6, 6.07) is 22.7. The Hall–Kier alpha value is -6.26. The van der Waals surface area contributed by atoms with Crippen LogP contribution in [0.1, 0.15) is 59.2 Å². The van der Waals surface area contributed by atoms with E-state index in [2.05, 4.69) is 64.3 Å². The van der Waals surface area contributed by atoms with Crippen LogP contribution in [0, 0.1) is 5.92 Å². The molecule has 16 heteroatoms. The highest BCUT2D eigenvalue weighted by molar-refractivity contribution is 6.23. The average molecular weight is 855 g/mol. The van der Waals surface area contributed by atoms with Crippen molar-refractivity contribution in [1.29, 1.82) is 0 Å². The predicted molar refractivity (Wildman–Crippen MR) is 238 cm³/mol. The van der Waals surface area contributed by atoms with Crippen molar-refractivity contribution in [3.63, 3.8) is 0 Å². The summed E-state index contributed by atoms with van der Waals surface area (Å²) in [6.07, 6.45) is 4.54. The first-order valence-corrected chi connectivity index (χ1v) is 22.4. The van der Waals surface area contributed by atoms with Crippen molar-refractivity contribution >= 4 is 46.5 Å². The SMILES string of the molecule is Nc1nnc(-c2ccccc2O)cc1N1CC2CCC(C1)N2c1cccc(OCCN2CCN(CC3CCN(c4ccc5c(c4)C(=O)N(C4CCC(=O)NC4=O)C5=O)CC3)CC2)c1. The number of hydrogen-bond acceptors (Lipinski definition) is 14. The second-order valence-corrected chi connectivity index (χ2v) is 17.8. The summed E-state index contributed by atoms with van der Waals surface area (Å²) in [5.41, 5.74) is 11.2. The van der Waals surface area contributed by atoms with Crippen molar-refractivity contribution in [2.24, 2.45) is 5.92 Å². The standard InChI is InChI=1S/C47H54N10O6/c48-44-41(26-39(50-51-44)37-6-1-2-7-42(37)58)55-28-33-8-9-34(29-55)56(33)32-4-3-5-35(24-32)63-23-22-52-18-20-53(21-19-52)27-30-14-16-54(17-15-30)31-10-11-36-38(25-31)47(62)57(46(36)61)40-12-13-43(59)49-45(40)60/h1-7,10-11,24-26,30,33-34,40,58H,8-9,12-23,27-29H2,(H2,48,51)(H,49,59,60). The van der Waals surface area contributed by atoms with Gasteiger partial charge in [0.1, 0.15) is 24.1 Å². The highest BCUT2D eigenvalue weighted by Gasteiger charge is 2.45. The minimum Gasteiger partial charge on any atom is -0.507 e. The molecule has 3 aromatic carbocycles. The molecule has 3 atom stereocenters. The predicted octanol–water partition coefficient (Wildman–Crippen LogP) is 3.60. The number of aromatic nitrogens is 2. The van der Waals surface area contributed by atoms with Crippen LogP contribution in [0.4, 0.5) is 22.9 Å². The quantitative estimate of drug-likeness (QED) is 0.186. The van der Waals surface area contributed by atoms with Gasteiger partial charge in [0.25, 0.3) is 11.8 Å². The van der Waals surface area contributed by atoms with E-state index in [-0.39, 0.29) is 24.5 Å². The summed E-state index contributed by atoms with van der Waals surface area (Å²) >= 11 is 0. The van der Waals surface area contributed by atoms with Gasteiger partial charge in [0.15, 0.2) is 5.82 Å². The number of nitrogens with two attached hydrogens (primary N) is 1. The third-order valence-corrected chi connectivity index (χ3v) is 14.0. The smallest absolute Gasteiger partial charge is 0.262 e.